The van der Waals surface area contributed by atoms with Gasteiger partial charge in [0.2, 0.25) is 0 Å². The number of rotatable bonds is 2. The third kappa shape index (κ3) is 3.22. The molecule has 39 heavy (non-hydrogen) atoms. The Balaban J connectivity index is 1.36. The first-order chi connectivity index (χ1) is 18.3. The topological polar surface area (TPSA) is 60.9 Å². The van der Waals surface area contributed by atoms with Crippen molar-refractivity contribution in [1.29, 1.82) is 0 Å². The van der Waals surface area contributed by atoms with Crippen LogP contribution in [0.2, 0.25) is 0 Å². The molecule has 5 aliphatic carbocycles. The Morgan fingerprint density at radius 2 is 1.79 bits per heavy atom. The Morgan fingerprint density at radius 3 is 2.54 bits per heavy atom. The van der Waals surface area contributed by atoms with Gasteiger partial charge in [-0.2, -0.15) is 0 Å². The summed E-state index contributed by atoms with van der Waals surface area (Å²) in [6, 6.07) is 0. The minimum absolute atomic E-state index is 0.0182. The number of nitrogens with zero attached hydrogens (tertiary/aromatic N) is 3. The highest BCUT2D eigenvalue weighted by molar-refractivity contribution is 5.95. The van der Waals surface area contributed by atoms with Crippen molar-refractivity contribution in [3.63, 3.8) is 0 Å². The summed E-state index contributed by atoms with van der Waals surface area (Å²) in [5.41, 5.74) is 2.95. The van der Waals surface area contributed by atoms with Crippen LogP contribution < -0.4 is 0 Å². The van der Waals surface area contributed by atoms with Crippen LogP contribution in [0.25, 0.3) is 0 Å². The van der Waals surface area contributed by atoms with Crippen molar-refractivity contribution in [3.8, 4) is 0 Å². The lowest BCUT2D eigenvalue weighted by Gasteiger charge is -2.69. The molecular weight excluding hydrogens is 482 g/mol. The molecule has 5 heteroatoms. The average molecular weight is 530 g/mol. The van der Waals surface area contributed by atoms with E-state index in [1.165, 1.54) is 36.8 Å². The van der Waals surface area contributed by atoms with Gasteiger partial charge in [0.15, 0.2) is 5.78 Å². The summed E-state index contributed by atoms with van der Waals surface area (Å²) >= 11 is 0. The smallest absolute Gasteiger partial charge is 0.159 e. The lowest BCUT2D eigenvalue weighted by molar-refractivity contribution is -0.174. The number of aromatic nitrogens is 3. The van der Waals surface area contributed by atoms with E-state index < -0.39 is 0 Å². The predicted molar refractivity (Wildman–Crippen MR) is 152 cm³/mol. The molecule has 7 atom stereocenters. The number of fused-ring (bicyclic) bond motifs is 8. The second-order valence-corrected chi connectivity index (χ2v) is 16.3. The molecule has 2 aromatic heterocycles. The van der Waals surface area contributed by atoms with E-state index in [-0.39, 0.29) is 38.4 Å². The molecule has 0 saturated heterocycles. The van der Waals surface area contributed by atoms with Crippen molar-refractivity contribution in [2.24, 2.45) is 44.8 Å². The zero-order valence-corrected chi connectivity index (χ0v) is 25.1. The van der Waals surface area contributed by atoms with Crippen LogP contribution in [-0.2, 0) is 23.2 Å². The van der Waals surface area contributed by atoms with E-state index in [0.29, 0.717) is 17.6 Å². The van der Waals surface area contributed by atoms with Gasteiger partial charge in [0.05, 0.1) is 12.5 Å². The van der Waals surface area contributed by atoms with Crippen LogP contribution in [0, 0.1) is 44.8 Å². The van der Waals surface area contributed by atoms with Crippen molar-refractivity contribution in [2.75, 3.05) is 0 Å². The standard InChI is InChI=1S/C34H47N3O2/c1-29(2)10-12-34(20-37-15-14-35-21-37)13-11-33(7)27(23(34)18-29)24(38)16-26-31(5)17-22-19-36-39-28(22)30(3,4)25(31)8-9-32(26,33)6/h14-16,19,21,23,25,27H,8-13,17-18,20H2,1-7H3/t23-,25-,27-,31-,32+,33+,34+/m0/s1. The normalized spacial score (nSPS) is 43.8. The summed E-state index contributed by atoms with van der Waals surface area (Å²) in [6.07, 6.45) is 19.3. The van der Waals surface area contributed by atoms with Crippen molar-refractivity contribution >= 4 is 5.78 Å². The van der Waals surface area contributed by atoms with Gasteiger partial charge in [-0.3, -0.25) is 4.79 Å². The summed E-state index contributed by atoms with van der Waals surface area (Å²) in [4.78, 5) is 19.1. The molecule has 0 spiro atoms. The summed E-state index contributed by atoms with van der Waals surface area (Å²) in [5.74, 6) is 2.41. The molecule has 7 rings (SSSR count). The number of hydrogen-bond donors (Lipinski definition) is 0. The third-order valence-corrected chi connectivity index (χ3v) is 13.6. The largest absolute Gasteiger partial charge is 0.361 e. The van der Waals surface area contributed by atoms with E-state index in [9.17, 15) is 4.79 Å². The summed E-state index contributed by atoms with van der Waals surface area (Å²) < 4.78 is 8.13. The van der Waals surface area contributed by atoms with Gasteiger partial charge in [0.1, 0.15) is 5.76 Å². The lowest BCUT2D eigenvalue weighted by atomic mass is 9.34. The summed E-state index contributed by atoms with van der Waals surface area (Å²) in [6.45, 7) is 18.1. The van der Waals surface area contributed by atoms with Crippen molar-refractivity contribution < 1.29 is 9.32 Å². The fourth-order valence-corrected chi connectivity index (χ4v) is 11.4. The van der Waals surface area contributed by atoms with E-state index in [0.717, 1.165) is 38.0 Å². The number of allylic oxidation sites excluding steroid dienone is 2. The van der Waals surface area contributed by atoms with Gasteiger partial charge in [-0.25, -0.2) is 4.98 Å². The molecule has 3 fully saturated rings. The van der Waals surface area contributed by atoms with Crippen molar-refractivity contribution in [3.05, 3.63) is 47.9 Å². The fourth-order valence-electron chi connectivity index (χ4n) is 11.4. The number of ketones is 1. The van der Waals surface area contributed by atoms with Gasteiger partial charge in [-0.1, -0.05) is 59.2 Å². The summed E-state index contributed by atoms with van der Waals surface area (Å²) in [5, 5.41) is 4.23. The molecule has 0 amide bonds. The third-order valence-electron chi connectivity index (χ3n) is 13.6. The first-order valence-corrected chi connectivity index (χ1v) is 15.4. The van der Waals surface area contributed by atoms with Crippen LogP contribution in [0.3, 0.4) is 0 Å². The number of carbonyl (C=O) groups excluding carboxylic acids is 1. The maximum absolute atomic E-state index is 14.7. The van der Waals surface area contributed by atoms with Gasteiger partial charge in [0.25, 0.3) is 0 Å². The Hall–Kier alpha value is -2.17. The first-order valence-electron chi connectivity index (χ1n) is 15.4. The minimum Gasteiger partial charge on any atom is -0.361 e. The van der Waals surface area contributed by atoms with Crippen LogP contribution in [0.15, 0.2) is 41.1 Å². The molecule has 0 aliphatic heterocycles. The van der Waals surface area contributed by atoms with Crippen LogP contribution in [-0.4, -0.2) is 20.5 Å². The number of carbonyl (C=O) groups is 1. The molecule has 3 saturated carbocycles. The Kier molecular flexibility index (Phi) is 5.13. The Morgan fingerprint density at radius 1 is 1.03 bits per heavy atom. The van der Waals surface area contributed by atoms with E-state index in [1.807, 2.05) is 18.7 Å². The quantitative estimate of drug-likeness (QED) is 0.403. The van der Waals surface area contributed by atoms with Crippen LogP contribution in [0.1, 0.15) is 105 Å². The zero-order valence-electron chi connectivity index (χ0n) is 25.1. The van der Waals surface area contributed by atoms with Crippen molar-refractivity contribution in [2.45, 2.75) is 112 Å². The Labute approximate surface area is 234 Å². The van der Waals surface area contributed by atoms with E-state index in [1.54, 1.807) is 0 Å². The zero-order chi connectivity index (χ0) is 27.6. The molecule has 0 aromatic carbocycles. The van der Waals surface area contributed by atoms with Crippen LogP contribution in [0.4, 0.5) is 0 Å². The molecule has 210 valence electrons. The predicted octanol–water partition coefficient (Wildman–Crippen LogP) is 7.57. The van der Waals surface area contributed by atoms with Crippen molar-refractivity contribution in [1.82, 2.24) is 14.7 Å². The van der Waals surface area contributed by atoms with E-state index in [2.05, 4.69) is 75.4 Å². The van der Waals surface area contributed by atoms with Gasteiger partial charge in [0, 0.05) is 35.8 Å². The average Bonchev–Trinajstić information content (AvgIpc) is 3.53. The SMILES string of the molecule is CC1(C)CC[C@]2(Cn3ccnc3)CC[C@]3(C)[C@H](C(=O)C=C4[C@@]5(C)Cc6cnoc6C(C)(C)[C@@H]5CC[C@]43C)[C@@H]2C1. The number of hydrogen-bond acceptors (Lipinski definition) is 4. The number of imidazole rings is 1. The van der Waals surface area contributed by atoms with E-state index in [4.69, 9.17) is 4.52 Å². The molecule has 0 N–H and O–H groups in total. The van der Waals surface area contributed by atoms with Crippen LogP contribution in [0.5, 0.6) is 0 Å². The second-order valence-electron chi connectivity index (χ2n) is 16.3. The molecule has 2 heterocycles. The Bertz CT molecular complexity index is 1350. The lowest BCUT2D eigenvalue weighted by Crippen LogP contribution is -2.65. The first kappa shape index (κ1) is 25.8. The highest BCUT2D eigenvalue weighted by Gasteiger charge is 2.69. The van der Waals surface area contributed by atoms with Gasteiger partial charge in [-0.05, 0) is 96.4 Å². The highest BCUT2D eigenvalue weighted by atomic mass is 16.5. The molecular formula is C34H47N3O2. The summed E-state index contributed by atoms with van der Waals surface area (Å²) in [7, 11) is 0. The second kappa shape index (κ2) is 7.76. The molecule has 0 bridgehead atoms. The monoisotopic (exact) mass is 529 g/mol. The maximum Gasteiger partial charge on any atom is 0.159 e. The molecule has 0 radical (unpaired) electrons. The molecule has 5 nitrogen and oxygen atoms in total. The maximum atomic E-state index is 14.7. The van der Waals surface area contributed by atoms with Gasteiger partial charge in [-0.15, -0.1) is 0 Å². The highest BCUT2D eigenvalue weighted by Crippen LogP contribution is 2.74. The van der Waals surface area contributed by atoms with Crippen LogP contribution >= 0.6 is 0 Å². The van der Waals surface area contributed by atoms with Gasteiger partial charge >= 0.3 is 0 Å². The minimum atomic E-state index is -0.0955. The van der Waals surface area contributed by atoms with Gasteiger partial charge < -0.3 is 9.09 Å². The molecule has 5 aliphatic rings. The molecule has 2 aromatic rings. The van der Waals surface area contributed by atoms with E-state index >= 15 is 0 Å². The fraction of sp³-hybridized carbons (Fsp3) is 0.735. The molecule has 0 unspecified atom stereocenters.